The van der Waals surface area contributed by atoms with Gasteiger partial charge in [-0.1, -0.05) is 12.1 Å². The van der Waals surface area contributed by atoms with Gasteiger partial charge < -0.3 is 10.5 Å². The van der Waals surface area contributed by atoms with Crippen LogP contribution in [-0.2, 0) is 0 Å². The van der Waals surface area contributed by atoms with Crippen molar-refractivity contribution in [3.8, 4) is 5.75 Å². The van der Waals surface area contributed by atoms with E-state index in [1.807, 2.05) is 0 Å². The van der Waals surface area contributed by atoms with Crippen LogP contribution < -0.4 is 10.5 Å². The fraction of sp³-hybridized carbons (Fsp3) is 0.625. The highest BCUT2D eigenvalue weighted by molar-refractivity contribution is 5.38. The lowest BCUT2D eigenvalue weighted by molar-refractivity contribution is 0.157. The molecule has 1 fully saturated rings. The quantitative estimate of drug-likeness (QED) is 0.885. The zero-order valence-corrected chi connectivity index (χ0v) is 12.2. The van der Waals surface area contributed by atoms with E-state index in [-0.39, 0.29) is 0 Å². The average molecular weight is 262 g/mol. The maximum atomic E-state index is 5.91. The lowest BCUT2D eigenvalue weighted by Gasteiger charge is -2.31. The Morgan fingerprint density at radius 1 is 1.26 bits per heavy atom. The molecule has 1 aliphatic heterocycles. The Morgan fingerprint density at radius 3 is 2.68 bits per heavy atom. The first-order valence-electron chi connectivity index (χ1n) is 7.32. The van der Waals surface area contributed by atoms with Crippen molar-refractivity contribution in [2.45, 2.75) is 26.7 Å². The topological polar surface area (TPSA) is 38.5 Å². The molecular weight excluding hydrogens is 236 g/mol. The third-order valence-electron chi connectivity index (χ3n) is 4.26. The molecule has 0 aromatic heterocycles. The van der Waals surface area contributed by atoms with Gasteiger partial charge in [0.2, 0.25) is 0 Å². The van der Waals surface area contributed by atoms with Crippen molar-refractivity contribution in [2.24, 2.45) is 11.7 Å². The normalized spacial score (nSPS) is 17.6. The van der Waals surface area contributed by atoms with Crippen LogP contribution in [0.5, 0.6) is 5.75 Å². The van der Waals surface area contributed by atoms with Gasteiger partial charge in [-0.25, -0.2) is 0 Å². The number of piperidine rings is 1. The Morgan fingerprint density at radius 2 is 2.00 bits per heavy atom. The molecule has 0 bridgehead atoms. The lowest BCUT2D eigenvalue weighted by atomic mass is 9.97. The number of rotatable bonds is 5. The van der Waals surface area contributed by atoms with Gasteiger partial charge in [-0.2, -0.15) is 0 Å². The Kier molecular flexibility index (Phi) is 5.23. The van der Waals surface area contributed by atoms with Gasteiger partial charge in [-0.3, -0.25) is 4.90 Å². The number of aryl methyl sites for hydroxylation is 1. The first kappa shape index (κ1) is 14.4. The van der Waals surface area contributed by atoms with E-state index in [2.05, 4.69) is 36.9 Å². The molecule has 2 rings (SSSR count). The summed E-state index contributed by atoms with van der Waals surface area (Å²) in [6, 6.07) is 6.24. The maximum Gasteiger partial charge on any atom is 0.122 e. The van der Waals surface area contributed by atoms with Gasteiger partial charge in [0, 0.05) is 6.54 Å². The lowest BCUT2D eigenvalue weighted by Crippen LogP contribution is -2.38. The van der Waals surface area contributed by atoms with Crippen molar-refractivity contribution in [3.63, 3.8) is 0 Å². The first-order chi connectivity index (χ1) is 9.20. The van der Waals surface area contributed by atoms with Gasteiger partial charge in [0.15, 0.2) is 0 Å². The molecule has 1 aliphatic rings. The molecule has 0 saturated carbocycles. The second-order valence-electron chi connectivity index (χ2n) is 5.57. The summed E-state index contributed by atoms with van der Waals surface area (Å²) >= 11 is 0. The van der Waals surface area contributed by atoms with Gasteiger partial charge >= 0.3 is 0 Å². The minimum Gasteiger partial charge on any atom is -0.492 e. The summed E-state index contributed by atoms with van der Waals surface area (Å²) in [4.78, 5) is 2.48. The maximum absolute atomic E-state index is 5.91. The number of likely N-dealkylation sites (tertiary alicyclic amines) is 1. The molecule has 3 heteroatoms. The van der Waals surface area contributed by atoms with Gasteiger partial charge in [0.05, 0.1) is 0 Å². The zero-order chi connectivity index (χ0) is 13.7. The highest BCUT2D eigenvalue weighted by Gasteiger charge is 2.17. The predicted octanol–water partition coefficient (Wildman–Crippen LogP) is 2.35. The van der Waals surface area contributed by atoms with E-state index in [0.29, 0.717) is 0 Å². The highest BCUT2D eigenvalue weighted by Crippen LogP contribution is 2.21. The van der Waals surface area contributed by atoms with Crippen LogP contribution in [0.15, 0.2) is 18.2 Å². The molecule has 0 spiro atoms. The molecule has 19 heavy (non-hydrogen) atoms. The molecule has 1 saturated heterocycles. The Labute approximate surface area is 116 Å². The summed E-state index contributed by atoms with van der Waals surface area (Å²) < 4.78 is 5.91. The minimum absolute atomic E-state index is 0.733. The fourth-order valence-electron chi connectivity index (χ4n) is 2.61. The molecule has 0 aliphatic carbocycles. The fourth-order valence-corrected chi connectivity index (χ4v) is 2.61. The predicted molar refractivity (Wildman–Crippen MR) is 79.6 cm³/mol. The van der Waals surface area contributed by atoms with Crippen molar-refractivity contribution >= 4 is 0 Å². The van der Waals surface area contributed by atoms with Crippen molar-refractivity contribution in [3.05, 3.63) is 29.3 Å². The van der Waals surface area contributed by atoms with Gasteiger partial charge in [0.1, 0.15) is 12.4 Å². The molecule has 0 radical (unpaired) electrons. The summed E-state index contributed by atoms with van der Waals surface area (Å²) in [7, 11) is 0. The van der Waals surface area contributed by atoms with E-state index >= 15 is 0 Å². The van der Waals surface area contributed by atoms with Crippen molar-refractivity contribution in [1.29, 1.82) is 0 Å². The molecule has 0 amide bonds. The van der Waals surface area contributed by atoms with E-state index < -0.39 is 0 Å². The Bertz CT molecular complexity index is 398. The van der Waals surface area contributed by atoms with Crippen LogP contribution in [-0.4, -0.2) is 37.7 Å². The SMILES string of the molecule is Cc1cccc(OCCN2CCC(CN)CC2)c1C. The van der Waals surface area contributed by atoms with E-state index in [4.69, 9.17) is 10.5 Å². The minimum atomic E-state index is 0.733. The van der Waals surface area contributed by atoms with Crippen LogP contribution in [0.2, 0.25) is 0 Å². The monoisotopic (exact) mass is 262 g/mol. The van der Waals surface area contributed by atoms with Crippen molar-refractivity contribution < 1.29 is 4.74 Å². The first-order valence-corrected chi connectivity index (χ1v) is 7.32. The van der Waals surface area contributed by atoms with E-state index in [9.17, 15) is 0 Å². The van der Waals surface area contributed by atoms with E-state index in [1.54, 1.807) is 0 Å². The molecule has 0 atom stereocenters. The van der Waals surface area contributed by atoms with Gasteiger partial charge in [0.25, 0.3) is 0 Å². The number of hydrogen-bond donors (Lipinski definition) is 1. The highest BCUT2D eigenvalue weighted by atomic mass is 16.5. The number of benzene rings is 1. The van der Waals surface area contributed by atoms with Crippen molar-refractivity contribution in [1.82, 2.24) is 4.90 Å². The van der Waals surface area contributed by atoms with E-state index in [1.165, 1.54) is 24.0 Å². The van der Waals surface area contributed by atoms with Gasteiger partial charge in [-0.15, -0.1) is 0 Å². The molecule has 106 valence electrons. The van der Waals surface area contributed by atoms with Crippen LogP contribution in [0, 0.1) is 19.8 Å². The zero-order valence-electron chi connectivity index (χ0n) is 12.2. The second kappa shape index (κ2) is 6.92. The van der Waals surface area contributed by atoms with Crippen LogP contribution in [0.1, 0.15) is 24.0 Å². The molecule has 1 aromatic rings. The molecule has 1 aromatic carbocycles. The number of nitrogens with two attached hydrogens (primary N) is 1. The van der Waals surface area contributed by atoms with Crippen LogP contribution in [0.4, 0.5) is 0 Å². The third kappa shape index (κ3) is 3.95. The largest absolute Gasteiger partial charge is 0.492 e. The van der Waals surface area contributed by atoms with Gasteiger partial charge in [-0.05, 0) is 69.4 Å². The summed E-state index contributed by atoms with van der Waals surface area (Å²) in [5.41, 5.74) is 8.26. The summed E-state index contributed by atoms with van der Waals surface area (Å²) in [6.45, 7) is 9.21. The second-order valence-corrected chi connectivity index (χ2v) is 5.57. The van der Waals surface area contributed by atoms with Crippen LogP contribution in [0.3, 0.4) is 0 Å². The molecular formula is C16H26N2O. The summed E-state index contributed by atoms with van der Waals surface area (Å²) in [5.74, 6) is 1.76. The summed E-state index contributed by atoms with van der Waals surface area (Å²) in [6.07, 6.45) is 2.47. The average Bonchev–Trinajstić information content (AvgIpc) is 2.44. The Hall–Kier alpha value is -1.06. The number of hydrogen-bond acceptors (Lipinski definition) is 3. The van der Waals surface area contributed by atoms with Crippen LogP contribution >= 0.6 is 0 Å². The molecule has 0 unspecified atom stereocenters. The van der Waals surface area contributed by atoms with Crippen molar-refractivity contribution in [2.75, 3.05) is 32.8 Å². The Balaban J connectivity index is 1.74. The number of ether oxygens (including phenoxy) is 1. The number of nitrogens with zero attached hydrogens (tertiary/aromatic N) is 1. The third-order valence-corrected chi connectivity index (χ3v) is 4.26. The standard InChI is InChI=1S/C16H26N2O/c1-13-4-3-5-16(14(13)2)19-11-10-18-8-6-15(12-17)7-9-18/h3-5,15H,6-12,17H2,1-2H3. The molecule has 3 nitrogen and oxygen atoms in total. The molecule has 1 heterocycles. The van der Waals surface area contributed by atoms with Crippen LogP contribution in [0.25, 0.3) is 0 Å². The van der Waals surface area contributed by atoms with E-state index in [0.717, 1.165) is 44.5 Å². The smallest absolute Gasteiger partial charge is 0.122 e. The summed E-state index contributed by atoms with van der Waals surface area (Å²) in [5, 5.41) is 0. The molecule has 2 N–H and O–H groups in total.